The van der Waals surface area contributed by atoms with E-state index >= 15 is 0 Å². The van der Waals surface area contributed by atoms with Crippen LogP contribution in [0.25, 0.3) is 11.7 Å². The molecule has 2 aromatic rings. The van der Waals surface area contributed by atoms with Crippen molar-refractivity contribution in [3.05, 3.63) is 23.2 Å². The summed E-state index contributed by atoms with van der Waals surface area (Å²) in [5, 5.41) is 4.07. The minimum atomic E-state index is 0.248. The first-order valence-corrected chi connectivity index (χ1v) is 9.02. The van der Waals surface area contributed by atoms with Gasteiger partial charge in [0.15, 0.2) is 11.6 Å². The Morgan fingerprint density at radius 3 is 3.09 bits per heavy atom. The van der Waals surface area contributed by atoms with E-state index in [9.17, 15) is 0 Å². The molecule has 1 aliphatic heterocycles. The topological polar surface area (TPSA) is 61.3 Å². The highest BCUT2D eigenvalue weighted by Crippen LogP contribution is 2.29. The van der Waals surface area contributed by atoms with Crippen molar-refractivity contribution in [1.29, 1.82) is 0 Å². The number of furan rings is 1. The van der Waals surface area contributed by atoms with Crippen LogP contribution in [0, 0.1) is 6.92 Å². The number of rotatable bonds is 7. The maximum absolute atomic E-state index is 5.79. The second-order valence-electron chi connectivity index (χ2n) is 5.62. The molecule has 5 nitrogen and oxygen atoms in total. The fourth-order valence-electron chi connectivity index (χ4n) is 2.44. The summed E-state index contributed by atoms with van der Waals surface area (Å²) in [6.45, 7) is 5.65. The smallest absolute Gasteiger partial charge is 0.293 e. The van der Waals surface area contributed by atoms with Gasteiger partial charge in [-0.25, -0.2) is 0 Å². The van der Waals surface area contributed by atoms with E-state index in [1.165, 1.54) is 24.2 Å². The minimum Gasteiger partial charge on any atom is -0.456 e. The Balaban J connectivity index is 1.67. The highest BCUT2D eigenvalue weighted by molar-refractivity contribution is 7.98. The summed E-state index contributed by atoms with van der Waals surface area (Å²) < 4.78 is 16.5. The van der Waals surface area contributed by atoms with Crippen molar-refractivity contribution < 1.29 is 13.7 Å². The molecule has 0 N–H and O–H groups in total. The van der Waals surface area contributed by atoms with E-state index in [1.54, 1.807) is 0 Å². The number of nitrogens with zero attached hydrogens (tertiary/aromatic N) is 2. The van der Waals surface area contributed by atoms with Crippen molar-refractivity contribution in [2.45, 2.75) is 44.8 Å². The fraction of sp³-hybridized carbons (Fsp3) is 0.625. The third kappa shape index (κ3) is 3.55. The number of aromatic nitrogens is 2. The average molecular weight is 322 g/mol. The van der Waals surface area contributed by atoms with Gasteiger partial charge in [-0.15, -0.1) is 0 Å². The van der Waals surface area contributed by atoms with E-state index < -0.39 is 0 Å². The van der Waals surface area contributed by atoms with Crippen LogP contribution in [0.4, 0.5) is 0 Å². The Labute approximate surface area is 134 Å². The van der Waals surface area contributed by atoms with Gasteiger partial charge in [0.2, 0.25) is 0 Å². The lowest BCUT2D eigenvalue weighted by Crippen LogP contribution is -1.99. The van der Waals surface area contributed by atoms with Crippen LogP contribution in [0.5, 0.6) is 0 Å². The van der Waals surface area contributed by atoms with Gasteiger partial charge in [0.1, 0.15) is 5.76 Å². The first kappa shape index (κ1) is 15.6. The normalized spacial score (nSPS) is 18.2. The van der Waals surface area contributed by atoms with E-state index in [4.69, 9.17) is 13.7 Å². The molecule has 1 atom stereocenters. The first-order valence-electron chi connectivity index (χ1n) is 7.86. The molecule has 0 aliphatic carbocycles. The molecule has 22 heavy (non-hydrogen) atoms. The second kappa shape index (κ2) is 7.33. The second-order valence-corrected chi connectivity index (χ2v) is 6.72. The standard InChI is InChI=1S/C16H22N2O3S/c1-3-4-7-22-10-13-8-14(20-11(13)2)16-17-15(18-21-16)12-5-6-19-9-12/h8,12H,3-7,9-10H2,1-2H3/t12-/m1/s1. The van der Waals surface area contributed by atoms with E-state index in [2.05, 4.69) is 17.1 Å². The number of hydrogen-bond donors (Lipinski definition) is 0. The molecule has 0 aromatic carbocycles. The van der Waals surface area contributed by atoms with Crippen LogP contribution in [0.1, 0.15) is 49.3 Å². The van der Waals surface area contributed by atoms with Gasteiger partial charge in [-0.1, -0.05) is 18.5 Å². The van der Waals surface area contributed by atoms with Crippen LogP contribution < -0.4 is 0 Å². The van der Waals surface area contributed by atoms with Crippen molar-refractivity contribution >= 4 is 11.8 Å². The van der Waals surface area contributed by atoms with Gasteiger partial charge in [-0.3, -0.25) is 0 Å². The molecule has 3 heterocycles. The number of thioether (sulfide) groups is 1. The summed E-state index contributed by atoms with van der Waals surface area (Å²) in [5.74, 6) is 5.19. The van der Waals surface area contributed by atoms with E-state index in [-0.39, 0.29) is 5.92 Å². The lowest BCUT2D eigenvalue weighted by molar-refractivity contribution is 0.192. The zero-order valence-electron chi connectivity index (χ0n) is 13.1. The molecule has 0 amide bonds. The molecule has 0 bridgehead atoms. The molecule has 1 fully saturated rings. The Morgan fingerprint density at radius 1 is 1.41 bits per heavy atom. The molecule has 0 saturated carbocycles. The van der Waals surface area contributed by atoms with Crippen molar-refractivity contribution in [2.75, 3.05) is 19.0 Å². The molecule has 0 radical (unpaired) electrons. The third-order valence-electron chi connectivity index (χ3n) is 3.87. The molecule has 2 aromatic heterocycles. The van der Waals surface area contributed by atoms with Crippen LogP contribution in [-0.2, 0) is 10.5 Å². The van der Waals surface area contributed by atoms with Gasteiger partial charge < -0.3 is 13.7 Å². The number of hydrogen-bond acceptors (Lipinski definition) is 6. The van der Waals surface area contributed by atoms with E-state index in [0.29, 0.717) is 18.3 Å². The largest absolute Gasteiger partial charge is 0.456 e. The molecular formula is C16H22N2O3S. The van der Waals surface area contributed by atoms with Crippen LogP contribution in [-0.4, -0.2) is 29.1 Å². The maximum atomic E-state index is 5.79. The third-order valence-corrected chi connectivity index (χ3v) is 4.96. The lowest BCUT2D eigenvalue weighted by Gasteiger charge is -1.98. The molecular weight excluding hydrogens is 300 g/mol. The summed E-state index contributed by atoms with van der Waals surface area (Å²) in [5.41, 5.74) is 1.21. The quantitative estimate of drug-likeness (QED) is 0.713. The maximum Gasteiger partial charge on any atom is 0.293 e. The van der Waals surface area contributed by atoms with Crippen molar-refractivity contribution in [3.63, 3.8) is 0 Å². The zero-order valence-corrected chi connectivity index (χ0v) is 13.9. The number of ether oxygens (including phenoxy) is 1. The Bertz CT molecular complexity index is 602. The van der Waals surface area contributed by atoms with Crippen LogP contribution in [0.15, 0.2) is 15.0 Å². The average Bonchev–Trinajstić information content (AvgIpc) is 3.24. The Morgan fingerprint density at radius 2 is 2.32 bits per heavy atom. The lowest BCUT2D eigenvalue weighted by atomic mass is 10.1. The van der Waals surface area contributed by atoms with Crippen molar-refractivity contribution in [1.82, 2.24) is 10.1 Å². The van der Waals surface area contributed by atoms with E-state index in [0.717, 1.165) is 30.4 Å². The predicted octanol–water partition coefficient (Wildman–Crippen LogP) is 4.18. The summed E-state index contributed by atoms with van der Waals surface area (Å²) in [6.07, 6.45) is 3.44. The monoisotopic (exact) mass is 322 g/mol. The molecule has 1 aliphatic rings. The number of unbranched alkanes of at least 4 members (excludes halogenated alkanes) is 1. The Hall–Kier alpha value is -1.27. The SMILES string of the molecule is CCCCSCc1cc(-c2nc([C@@H]3CCOC3)no2)oc1C. The molecule has 0 spiro atoms. The molecule has 6 heteroatoms. The first-order chi connectivity index (χ1) is 10.8. The van der Waals surface area contributed by atoms with Gasteiger partial charge in [0, 0.05) is 23.8 Å². The molecule has 1 saturated heterocycles. The van der Waals surface area contributed by atoms with Gasteiger partial charge in [-0.2, -0.15) is 16.7 Å². The van der Waals surface area contributed by atoms with Crippen LogP contribution in [0.2, 0.25) is 0 Å². The highest BCUT2D eigenvalue weighted by atomic mass is 32.2. The molecule has 3 rings (SSSR count). The Kier molecular flexibility index (Phi) is 5.20. The van der Waals surface area contributed by atoms with Crippen LogP contribution in [0.3, 0.4) is 0 Å². The molecule has 120 valence electrons. The zero-order chi connectivity index (χ0) is 15.4. The number of aryl methyl sites for hydroxylation is 1. The summed E-state index contributed by atoms with van der Waals surface area (Å²) in [4.78, 5) is 4.47. The molecule has 0 unspecified atom stereocenters. The fourth-order valence-corrected chi connectivity index (χ4v) is 3.58. The van der Waals surface area contributed by atoms with Gasteiger partial charge >= 0.3 is 0 Å². The highest BCUT2D eigenvalue weighted by Gasteiger charge is 2.24. The van der Waals surface area contributed by atoms with E-state index in [1.807, 2.05) is 24.8 Å². The van der Waals surface area contributed by atoms with Crippen molar-refractivity contribution in [3.8, 4) is 11.7 Å². The van der Waals surface area contributed by atoms with Gasteiger partial charge in [-0.05, 0) is 31.6 Å². The minimum absolute atomic E-state index is 0.248. The van der Waals surface area contributed by atoms with Gasteiger partial charge in [0.05, 0.1) is 6.61 Å². The van der Waals surface area contributed by atoms with Crippen LogP contribution >= 0.6 is 11.8 Å². The predicted molar refractivity (Wildman–Crippen MR) is 86.0 cm³/mol. The van der Waals surface area contributed by atoms with Crippen molar-refractivity contribution in [2.24, 2.45) is 0 Å². The summed E-state index contributed by atoms with van der Waals surface area (Å²) in [7, 11) is 0. The van der Waals surface area contributed by atoms with Gasteiger partial charge in [0.25, 0.3) is 5.89 Å². The summed E-state index contributed by atoms with van der Waals surface area (Å²) >= 11 is 1.94. The summed E-state index contributed by atoms with van der Waals surface area (Å²) in [6, 6.07) is 2.02.